The van der Waals surface area contributed by atoms with Crippen molar-refractivity contribution >= 4 is 5.69 Å². The van der Waals surface area contributed by atoms with Gasteiger partial charge < -0.3 is 10.1 Å². The van der Waals surface area contributed by atoms with E-state index in [2.05, 4.69) is 15.4 Å². The molecule has 1 aromatic heterocycles. The number of hydrogen-bond acceptors (Lipinski definition) is 5. The molecule has 1 aliphatic heterocycles. The molecule has 1 N–H and O–H groups in total. The number of ether oxygens (including phenoxy) is 1. The van der Waals surface area contributed by atoms with Crippen molar-refractivity contribution in [2.45, 2.75) is 6.17 Å². The zero-order valence-corrected chi connectivity index (χ0v) is 16.0. The van der Waals surface area contributed by atoms with E-state index >= 15 is 0 Å². The van der Waals surface area contributed by atoms with Crippen LogP contribution in [0.5, 0.6) is 5.75 Å². The minimum absolute atomic E-state index is 0.231. The van der Waals surface area contributed by atoms with Crippen LogP contribution in [0.2, 0.25) is 0 Å². The molecule has 4 aromatic rings. The minimum Gasteiger partial charge on any atom is -0.497 e. The lowest BCUT2D eigenvalue weighted by molar-refractivity contribution is 0.415. The average Bonchev–Trinajstić information content (AvgIpc) is 2.79. The number of para-hydroxylation sites is 1. The van der Waals surface area contributed by atoms with Crippen LogP contribution in [0, 0.1) is 5.82 Å². The molecule has 7 heteroatoms. The highest BCUT2D eigenvalue weighted by Crippen LogP contribution is 2.36. The number of methoxy groups -OCH3 is 1. The van der Waals surface area contributed by atoms with Gasteiger partial charge in [0.25, 0.3) is 5.56 Å². The van der Waals surface area contributed by atoms with Gasteiger partial charge in [-0.15, -0.1) is 0 Å². The largest absolute Gasteiger partial charge is 0.497 e. The van der Waals surface area contributed by atoms with Gasteiger partial charge in [0.05, 0.1) is 7.11 Å². The summed E-state index contributed by atoms with van der Waals surface area (Å²) in [6, 6.07) is 20.9. The second-order valence-corrected chi connectivity index (χ2v) is 6.91. The molecule has 30 heavy (non-hydrogen) atoms. The van der Waals surface area contributed by atoms with E-state index in [1.54, 1.807) is 48.2 Å². The van der Waals surface area contributed by atoms with Gasteiger partial charge >= 0.3 is 0 Å². The molecule has 2 heterocycles. The Morgan fingerprint density at radius 1 is 1.00 bits per heavy atom. The normalized spacial score (nSPS) is 14.4. The summed E-state index contributed by atoms with van der Waals surface area (Å²) in [5, 5.41) is 8.08. The first kappa shape index (κ1) is 18.1. The fourth-order valence-electron chi connectivity index (χ4n) is 3.57. The van der Waals surface area contributed by atoms with Crippen molar-refractivity contribution < 1.29 is 9.13 Å². The Bertz CT molecular complexity index is 1280. The summed E-state index contributed by atoms with van der Waals surface area (Å²) in [6.07, 6.45) is -0.444. The molecule has 0 fully saturated rings. The highest BCUT2D eigenvalue weighted by molar-refractivity contribution is 5.76. The van der Waals surface area contributed by atoms with Crippen molar-refractivity contribution in [2.75, 3.05) is 12.4 Å². The fourth-order valence-corrected chi connectivity index (χ4v) is 3.57. The molecule has 5 rings (SSSR count). The van der Waals surface area contributed by atoms with Gasteiger partial charge in [0.1, 0.15) is 17.7 Å². The zero-order valence-electron chi connectivity index (χ0n) is 16.0. The van der Waals surface area contributed by atoms with Crippen LogP contribution in [0.3, 0.4) is 0 Å². The van der Waals surface area contributed by atoms with Crippen LogP contribution in [0.1, 0.15) is 11.7 Å². The highest BCUT2D eigenvalue weighted by Gasteiger charge is 2.28. The van der Waals surface area contributed by atoms with Gasteiger partial charge in [0, 0.05) is 16.8 Å². The van der Waals surface area contributed by atoms with Gasteiger partial charge in [-0.1, -0.05) is 24.3 Å². The van der Waals surface area contributed by atoms with Crippen molar-refractivity contribution in [1.29, 1.82) is 0 Å². The predicted molar refractivity (Wildman–Crippen MR) is 112 cm³/mol. The molecule has 0 radical (unpaired) electrons. The van der Waals surface area contributed by atoms with E-state index in [4.69, 9.17) is 4.74 Å². The Labute approximate surface area is 171 Å². The van der Waals surface area contributed by atoms with E-state index in [-0.39, 0.29) is 11.5 Å². The molecular weight excluding hydrogens is 383 g/mol. The monoisotopic (exact) mass is 400 g/mol. The Hall–Kier alpha value is -4.00. The molecule has 0 amide bonds. The lowest BCUT2D eigenvalue weighted by Crippen LogP contribution is -2.32. The second-order valence-electron chi connectivity index (χ2n) is 6.91. The highest BCUT2D eigenvalue weighted by atomic mass is 19.1. The molecule has 1 atom stereocenters. The van der Waals surface area contributed by atoms with Crippen molar-refractivity contribution in [1.82, 2.24) is 14.8 Å². The molecule has 1 unspecified atom stereocenters. The van der Waals surface area contributed by atoms with Crippen LogP contribution in [0.15, 0.2) is 77.6 Å². The third kappa shape index (κ3) is 3.00. The standard InChI is InChI=1S/C23H17FN4O2/c1-30-17-12-8-14(9-13-17)20-23(29)26-22-18-4-2-3-5-19(18)25-21(28(22)27-20)15-6-10-16(24)11-7-15/h2-13,21,25H,1H3. The Morgan fingerprint density at radius 3 is 2.47 bits per heavy atom. The third-order valence-electron chi connectivity index (χ3n) is 5.09. The molecule has 0 bridgehead atoms. The Kier molecular flexibility index (Phi) is 4.28. The number of rotatable bonds is 3. The second kappa shape index (κ2) is 7.11. The van der Waals surface area contributed by atoms with E-state index in [9.17, 15) is 9.18 Å². The topological polar surface area (TPSA) is 69.0 Å². The molecule has 6 nitrogen and oxygen atoms in total. The van der Waals surface area contributed by atoms with Gasteiger partial charge in [0.2, 0.25) is 0 Å². The molecule has 1 aliphatic rings. The van der Waals surface area contributed by atoms with E-state index in [1.165, 1.54) is 12.1 Å². The molecule has 0 saturated heterocycles. The minimum atomic E-state index is -0.444. The fraction of sp³-hybridized carbons (Fsp3) is 0.0870. The first-order valence-electron chi connectivity index (χ1n) is 9.41. The molecular formula is C23H17FN4O2. The molecule has 148 valence electrons. The summed E-state index contributed by atoms with van der Waals surface area (Å²) in [5.74, 6) is 0.825. The zero-order chi connectivity index (χ0) is 20.7. The summed E-state index contributed by atoms with van der Waals surface area (Å²) < 4.78 is 20.3. The molecule has 0 spiro atoms. The smallest absolute Gasteiger partial charge is 0.300 e. The van der Waals surface area contributed by atoms with Crippen molar-refractivity contribution in [3.63, 3.8) is 0 Å². The van der Waals surface area contributed by atoms with Crippen molar-refractivity contribution in [3.8, 4) is 28.4 Å². The maximum Gasteiger partial charge on any atom is 0.300 e. The summed E-state index contributed by atoms with van der Waals surface area (Å²) in [4.78, 5) is 17.2. The number of hydrogen-bond donors (Lipinski definition) is 1. The number of aromatic nitrogens is 3. The van der Waals surface area contributed by atoms with Crippen LogP contribution in [-0.2, 0) is 0 Å². The lowest BCUT2D eigenvalue weighted by Gasteiger charge is -2.30. The molecule has 3 aromatic carbocycles. The summed E-state index contributed by atoms with van der Waals surface area (Å²) in [5.41, 5.74) is 2.86. The molecule has 0 saturated carbocycles. The van der Waals surface area contributed by atoms with Crippen molar-refractivity contribution in [2.24, 2.45) is 0 Å². The summed E-state index contributed by atoms with van der Waals surface area (Å²) in [7, 11) is 1.58. The Balaban J connectivity index is 1.71. The number of benzene rings is 3. The van der Waals surface area contributed by atoms with Gasteiger partial charge in [0.15, 0.2) is 11.5 Å². The SMILES string of the molecule is COc1ccc(-c2nn3c(nc2=O)-c2ccccc2NC3c2ccc(F)cc2)cc1. The first-order chi connectivity index (χ1) is 14.6. The van der Waals surface area contributed by atoms with Crippen LogP contribution in [0.4, 0.5) is 10.1 Å². The number of halogens is 1. The first-order valence-corrected chi connectivity index (χ1v) is 9.41. The summed E-state index contributed by atoms with van der Waals surface area (Å²) >= 11 is 0. The van der Waals surface area contributed by atoms with Crippen LogP contribution < -0.4 is 15.6 Å². The van der Waals surface area contributed by atoms with Crippen molar-refractivity contribution in [3.05, 3.63) is 94.5 Å². The maximum absolute atomic E-state index is 13.5. The van der Waals surface area contributed by atoms with Gasteiger partial charge in [-0.25, -0.2) is 9.07 Å². The van der Waals surface area contributed by atoms with Gasteiger partial charge in [-0.3, -0.25) is 4.79 Å². The number of anilines is 1. The van der Waals surface area contributed by atoms with E-state index in [0.717, 1.165) is 16.8 Å². The average molecular weight is 400 g/mol. The Morgan fingerprint density at radius 2 is 1.73 bits per heavy atom. The van der Waals surface area contributed by atoms with Crippen LogP contribution in [-0.4, -0.2) is 21.9 Å². The summed E-state index contributed by atoms with van der Waals surface area (Å²) in [6.45, 7) is 0. The molecule has 0 aliphatic carbocycles. The number of nitrogens with zero attached hydrogens (tertiary/aromatic N) is 3. The maximum atomic E-state index is 13.5. The number of nitrogens with one attached hydrogen (secondary N) is 1. The van der Waals surface area contributed by atoms with Crippen LogP contribution >= 0.6 is 0 Å². The third-order valence-corrected chi connectivity index (χ3v) is 5.09. The lowest BCUT2D eigenvalue weighted by atomic mass is 10.1. The van der Waals surface area contributed by atoms with E-state index in [1.807, 2.05) is 24.3 Å². The van der Waals surface area contributed by atoms with Crippen LogP contribution in [0.25, 0.3) is 22.6 Å². The van der Waals surface area contributed by atoms with E-state index in [0.29, 0.717) is 17.1 Å². The number of fused-ring (bicyclic) bond motifs is 3. The van der Waals surface area contributed by atoms with Gasteiger partial charge in [-0.05, 0) is 54.1 Å². The van der Waals surface area contributed by atoms with Gasteiger partial charge in [-0.2, -0.15) is 10.1 Å². The predicted octanol–water partition coefficient (Wildman–Crippen LogP) is 4.09. The van der Waals surface area contributed by atoms with E-state index < -0.39 is 11.7 Å². The quantitative estimate of drug-likeness (QED) is 0.561.